The predicted molar refractivity (Wildman–Crippen MR) is 97.7 cm³/mol. The van der Waals surface area contributed by atoms with Crippen LogP contribution in [0.4, 0.5) is 0 Å². The molecule has 1 aromatic rings. The maximum absolute atomic E-state index is 12.7. The molecule has 24 heavy (non-hydrogen) atoms. The van der Waals surface area contributed by atoms with Gasteiger partial charge in [0.25, 0.3) is 0 Å². The predicted octanol–water partition coefficient (Wildman–Crippen LogP) is 2.45. The molecule has 4 fully saturated rings. The van der Waals surface area contributed by atoms with E-state index in [0.717, 1.165) is 12.3 Å². The first-order valence-electron chi connectivity index (χ1n) is 8.89. The van der Waals surface area contributed by atoms with E-state index >= 15 is 0 Å². The summed E-state index contributed by atoms with van der Waals surface area (Å²) in [5.74, 6) is 2.91. The molecule has 4 nitrogen and oxygen atoms in total. The van der Waals surface area contributed by atoms with E-state index in [9.17, 15) is 4.79 Å². The van der Waals surface area contributed by atoms with Gasteiger partial charge in [-0.2, -0.15) is 11.8 Å². The van der Waals surface area contributed by atoms with Crippen LogP contribution >= 0.6 is 11.8 Å². The normalized spacial score (nSPS) is 34.2. The van der Waals surface area contributed by atoms with Crippen LogP contribution in [0.5, 0.6) is 5.75 Å². The van der Waals surface area contributed by atoms with Crippen molar-refractivity contribution in [3.63, 3.8) is 0 Å². The zero-order valence-corrected chi connectivity index (χ0v) is 15.3. The molecular weight excluding hydrogens is 320 g/mol. The van der Waals surface area contributed by atoms with Crippen molar-refractivity contribution in [2.24, 2.45) is 5.92 Å². The molecule has 4 aliphatic heterocycles. The topological polar surface area (TPSA) is 32.8 Å². The van der Waals surface area contributed by atoms with Gasteiger partial charge in [0.05, 0.1) is 18.9 Å². The number of fused-ring (bicyclic) bond motifs is 2. The van der Waals surface area contributed by atoms with Crippen LogP contribution in [-0.4, -0.2) is 66.5 Å². The number of likely N-dealkylation sites (tertiary alicyclic amines) is 1. The first-order chi connectivity index (χ1) is 11.7. The van der Waals surface area contributed by atoms with E-state index in [1.807, 2.05) is 12.3 Å². The molecule has 3 atom stereocenters. The first-order valence-corrected chi connectivity index (χ1v) is 10.3. The van der Waals surface area contributed by atoms with Gasteiger partial charge in [-0.05, 0) is 55.8 Å². The number of methoxy groups -OCH3 is 1. The van der Waals surface area contributed by atoms with Crippen molar-refractivity contribution in [2.45, 2.75) is 30.8 Å². The van der Waals surface area contributed by atoms with Crippen molar-refractivity contribution < 1.29 is 9.53 Å². The van der Waals surface area contributed by atoms with Gasteiger partial charge < -0.3 is 9.64 Å². The Morgan fingerprint density at radius 1 is 1.29 bits per heavy atom. The number of ether oxygens (including phenoxy) is 1. The minimum atomic E-state index is 0.316. The molecule has 4 saturated heterocycles. The van der Waals surface area contributed by atoms with E-state index in [-0.39, 0.29) is 0 Å². The lowest BCUT2D eigenvalue weighted by molar-refractivity contribution is -0.133. The maximum atomic E-state index is 12.7. The van der Waals surface area contributed by atoms with Gasteiger partial charge >= 0.3 is 0 Å². The van der Waals surface area contributed by atoms with Crippen LogP contribution in [0.15, 0.2) is 24.3 Å². The fourth-order valence-electron chi connectivity index (χ4n) is 5.08. The Labute approximate surface area is 148 Å². The molecule has 4 heterocycles. The summed E-state index contributed by atoms with van der Waals surface area (Å²) in [5.41, 5.74) is 1.32. The third kappa shape index (κ3) is 2.62. The number of amides is 1. The lowest BCUT2D eigenvalue weighted by atomic mass is 9.75. The summed E-state index contributed by atoms with van der Waals surface area (Å²) in [5, 5.41) is 0. The number of thioether (sulfide) groups is 1. The lowest BCUT2D eigenvalue weighted by Gasteiger charge is -2.51. The SMILES string of the molecule is COc1cccc([C@H]2CN(C(=O)CSC)[C@@H]3C4CCN(CC4)[C@H]23)c1. The summed E-state index contributed by atoms with van der Waals surface area (Å²) in [4.78, 5) is 17.6. The summed E-state index contributed by atoms with van der Waals surface area (Å²) in [7, 11) is 1.72. The fraction of sp³-hybridized carbons (Fsp3) is 0.632. The Bertz CT molecular complexity index is 615. The molecule has 0 spiro atoms. The van der Waals surface area contributed by atoms with E-state index in [1.54, 1.807) is 18.9 Å². The molecule has 0 aliphatic carbocycles. The first kappa shape index (κ1) is 16.3. The summed E-state index contributed by atoms with van der Waals surface area (Å²) in [6, 6.07) is 9.33. The Morgan fingerprint density at radius 2 is 2.08 bits per heavy atom. The highest BCUT2D eigenvalue weighted by Crippen LogP contribution is 2.46. The maximum Gasteiger partial charge on any atom is 0.232 e. The minimum absolute atomic E-state index is 0.316. The second-order valence-corrected chi connectivity index (χ2v) is 8.08. The average molecular weight is 346 g/mol. The van der Waals surface area contributed by atoms with Gasteiger partial charge in [0, 0.05) is 18.5 Å². The van der Waals surface area contributed by atoms with Crippen molar-refractivity contribution in [2.75, 3.05) is 38.8 Å². The number of benzene rings is 1. The summed E-state index contributed by atoms with van der Waals surface area (Å²) in [6.45, 7) is 3.24. The standard InChI is InChI=1S/C19H26N2O2S/c1-23-15-5-3-4-14(10-15)16-11-21(17(22)12-24-2)18-13-6-8-20(9-7-13)19(16)18/h3-5,10,13,16,18-19H,6-9,11-12H2,1-2H3/t16-,18-,19-/m1/s1. The van der Waals surface area contributed by atoms with Crippen LogP contribution in [0.25, 0.3) is 0 Å². The molecule has 0 N–H and O–H groups in total. The molecule has 5 heteroatoms. The van der Waals surface area contributed by atoms with E-state index in [0.29, 0.717) is 35.6 Å². The molecule has 0 saturated carbocycles. The van der Waals surface area contributed by atoms with Gasteiger partial charge in [-0.1, -0.05) is 12.1 Å². The Kier molecular flexibility index (Phi) is 4.48. The summed E-state index contributed by atoms with van der Waals surface area (Å²) >= 11 is 1.63. The van der Waals surface area contributed by atoms with Crippen LogP contribution in [0, 0.1) is 5.92 Å². The Balaban J connectivity index is 1.68. The van der Waals surface area contributed by atoms with Gasteiger partial charge in [-0.3, -0.25) is 9.69 Å². The second-order valence-electron chi connectivity index (χ2n) is 7.22. The van der Waals surface area contributed by atoms with E-state index < -0.39 is 0 Å². The molecule has 0 radical (unpaired) electrons. The smallest absolute Gasteiger partial charge is 0.232 e. The van der Waals surface area contributed by atoms with Crippen molar-refractivity contribution >= 4 is 17.7 Å². The van der Waals surface area contributed by atoms with Crippen molar-refractivity contribution in [1.29, 1.82) is 0 Å². The quantitative estimate of drug-likeness (QED) is 0.838. The number of nitrogens with zero attached hydrogens (tertiary/aromatic N) is 2. The van der Waals surface area contributed by atoms with Gasteiger partial charge in [0.15, 0.2) is 0 Å². The zero-order valence-electron chi connectivity index (χ0n) is 14.5. The molecule has 1 amide bonds. The van der Waals surface area contributed by atoms with Crippen LogP contribution in [-0.2, 0) is 4.79 Å². The lowest BCUT2D eigenvalue weighted by Crippen LogP contribution is -2.60. The fourth-order valence-corrected chi connectivity index (χ4v) is 5.49. The van der Waals surface area contributed by atoms with Crippen LogP contribution < -0.4 is 4.74 Å². The van der Waals surface area contributed by atoms with Crippen molar-refractivity contribution in [1.82, 2.24) is 9.80 Å². The summed E-state index contributed by atoms with van der Waals surface area (Å²) < 4.78 is 5.43. The number of carbonyl (C=O) groups excluding carboxylic acids is 1. The zero-order chi connectivity index (χ0) is 16.7. The number of hydrogen-bond donors (Lipinski definition) is 0. The average Bonchev–Trinajstić information content (AvgIpc) is 3.06. The highest BCUT2D eigenvalue weighted by Gasteiger charge is 2.54. The summed E-state index contributed by atoms with van der Waals surface area (Å²) in [6.07, 6.45) is 4.51. The van der Waals surface area contributed by atoms with Gasteiger partial charge in [0.1, 0.15) is 5.75 Å². The van der Waals surface area contributed by atoms with Crippen molar-refractivity contribution in [3.8, 4) is 5.75 Å². The monoisotopic (exact) mass is 346 g/mol. The van der Waals surface area contributed by atoms with Crippen LogP contribution in [0.1, 0.15) is 24.3 Å². The highest BCUT2D eigenvalue weighted by atomic mass is 32.2. The number of hydrogen-bond acceptors (Lipinski definition) is 4. The van der Waals surface area contributed by atoms with Gasteiger partial charge in [0.2, 0.25) is 5.91 Å². The highest BCUT2D eigenvalue weighted by molar-refractivity contribution is 7.99. The largest absolute Gasteiger partial charge is 0.497 e. The minimum Gasteiger partial charge on any atom is -0.497 e. The molecule has 130 valence electrons. The number of piperidine rings is 3. The third-order valence-electron chi connectivity index (χ3n) is 6.10. The Morgan fingerprint density at radius 3 is 2.79 bits per heavy atom. The molecule has 1 aromatic carbocycles. The van der Waals surface area contributed by atoms with Crippen LogP contribution in [0.3, 0.4) is 0 Å². The number of rotatable bonds is 4. The number of carbonyl (C=O) groups is 1. The molecule has 4 aliphatic rings. The molecule has 0 aromatic heterocycles. The second kappa shape index (κ2) is 6.60. The van der Waals surface area contributed by atoms with Crippen LogP contribution in [0.2, 0.25) is 0 Å². The third-order valence-corrected chi connectivity index (χ3v) is 6.64. The van der Waals surface area contributed by atoms with Gasteiger partial charge in [-0.15, -0.1) is 0 Å². The Hall–Kier alpha value is -1.20. The molecule has 0 unspecified atom stereocenters. The van der Waals surface area contributed by atoms with E-state index in [1.165, 1.54) is 31.5 Å². The molecule has 5 rings (SSSR count). The molecular formula is C19H26N2O2S. The van der Waals surface area contributed by atoms with E-state index in [4.69, 9.17) is 4.74 Å². The van der Waals surface area contributed by atoms with Gasteiger partial charge in [-0.25, -0.2) is 0 Å². The van der Waals surface area contributed by atoms with Crippen molar-refractivity contribution in [3.05, 3.63) is 29.8 Å². The molecule has 2 bridgehead atoms. The van der Waals surface area contributed by atoms with E-state index in [2.05, 4.69) is 28.0 Å².